The molecular formula is C12H15NO3. The van der Waals surface area contributed by atoms with Gasteiger partial charge in [-0.05, 0) is 25.5 Å². The van der Waals surface area contributed by atoms with Crippen LogP contribution in [-0.2, 0) is 16.0 Å². The molecule has 1 aromatic rings. The van der Waals surface area contributed by atoms with Gasteiger partial charge in [0.25, 0.3) is 0 Å². The summed E-state index contributed by atoms with van der Waals surface area (Å²) in [6, 6.07) is 5.56. The molecule has 0 aromatic carbocycles. The van der Waals surface area contributed by atoms with E-state index in [1.165, 1.54) is 0 Å². The first-order valence-electron chi connectivity index (χ1n) is 5.40. The highest BCUT2D eigenvalue weighted by atomic mass is 16.5. The Bertz CT molecular complexity index is 379. The largest absolute Gasteiger partial charge is 0.481 e. The molecule has 0 bridgehead atoms. The van der Waals surface area contributed by atoms with Crippen LogP contribution in [0.5, 0.6) is 0 Å². The van der Waals surface area contributed by atoms with Gasteiger partial charge in [-0.15, -0.1) is 0 Å². The molecule has 1 aromatic heterocycles. The van der Waals surface area contributed by atoms with Crippen LogP contribution in [0, 0.1) is 5.41 Å². The summed E-state index contributed by atoms with van der Waals surface area (Å²) in [6.07, 6.45) is 2.42. The normalized spacial score (nSPS) is 29.2. The predicted molar refractivity (Wildman–Crippen MR) is 58.0 cm³/mol. The van der Waals surface area contributed by atoms with E-state index in [4.69, 9.17) is 4.74 Å². The van der Waals surface area contributed by atoms with E-state index < -0.39 is 11.4 Å². The van der Waals surface area contributed by atoms with Crippen LogP contribution in [0.2, 0.25) is 0 Å². The number of rotatable bonds is 3. The van der Waals surface area contributed by atoms with Gasteiger partial charge in [0.1, 0.15) is 5.41 Å². The standard InChI is InChI=1S/C12H15NO3/c1-9-12(11(14)15,5-7-16-9)8-10-4-2-3-6-13-10/h2-4,6,9H,5,7-8H2,1H3,(H,14,15). The fourth-order valence-electron chi connectivity index (χ4n) is 2.20. The van der Waals surface area contributed by atoms with Crippen molar-refractivity contribution < 1.29 is 14.6 Å². The summed E-state index contributed by atoms with van der Waals surface area (Å²) in [5.41, 5.74) is -0.00352. The first-order valence-corrected chi connectivity index (χ1v) is 5.40. The minimum Gasteiger partial charge on any atom is -0.481 e. The van der Waals surface area contributed by atoms with Crippen LogP contribution in [0.25, 0.3) is 0 Å². The van der Waals surface area contributed by atoms with Gasteiger partial charge in [0.15, 0.2) is 0 Å². The zero-order valence-electron chi connectivity index (χ0n) is 9.22. The van der Waals surface area contributed by atoms with Crippen LogP contribution >= 0.6 is 0 Å². The minimum atomic E-state index is -0.811. The van der Waals surface area contributed by atoms with Crippen molar-refractivity contribution in [3.05, 3.63) is 30.1 Å². The van der Waals surface area contributed by atoms with Crippen LogP contribution in [0.1, 0.15) is 19.0 Å². The zero-order valence-corrected chi connectivity index (χ0v) is 9.22. The summed E-state index contributed by atoms with van der Waals surface area (Å²) in [5, 5.41) is 9.39. The third-order valence-electron chi connectivity index (χ3n) is 3.34. The molecule has 2 heterocycles. The number of pyridine rings is 1. The van der Waals surface area contributed by atoms with Crippen LogP contribution in [0.3, 0.4) is 0 Å². The molecular weight excluding hydrogens is 206 g/mol. The van der Waals surface area contributed by atoms with Crippen LogP contribution in [-0.4, -0.2) is 28.8 Å². The number of carboxylic acids is 1. The third-order valence-corrected chi connectivity index (χ3v) is 3.34. The second-order valence-electron chi connectivity index (χ2n) is 4.22. The first kappa shape index (κ1) is 11.1. The van der Waals surface area contributed by atoms with E-state index in [-0.39, 0.29) is 6.10 Å². The van der Waals surface area contributed by atoms with E-state index in [9.17, 15) is 9.90 Å². The Morgan fingerprint density at radius 3 is 3.00 bits per heavy atom. The van der Waals surface area contributed by atoms with Crippen LogP contribution in [0.15, 0.2) is 24.4 Å². The van der Waals surface area contributed by atoms with Gasteiger partial charge in [0.05, 0.1) is 6.10 Å². The molecule has 1 fully saturated rings. The Morgan fingerprint density at radius 2 is 2.50 bits per heavy atom. The van der Waals surface area contributed by atoms with E-state index in [0.717, 1.165) is 5.69 Å². The fraction of sp³-hybridized carbons (Fsp3) is 0.500. The van der Waals surface area contributed by atoms with Gasteiger partial charge in [-0.2, -0.15) is 0 Å². The molecule has 2 atom stereocenters. The highest BCUT2D eigenvalue weighted by Crippen LogP contribution is 2.38. The zero-order chi connectivity index (χ0) is 11.6. The Hall–Kier alpha value is -1.42. The number of aliphatic carboxylic acids is 1. The van der Waals surface area contributed by atoms with Gasteiger partial charge in [0.2, 0.25) is 0 Å². The van der Waals surface area contributed by atoms with Crippen molar-refractivity contribution in [3.63, 3.8) is 0 Å². The molecule has 0 spiro atoms. The lowest BCUT2D eigenvalue weighted by Gasteiger charge is -2.26. The molecule has 16 heavy (non-hydrogen) atoms. The van der Waals surface area contributed by atoms with Crippen molar-refractivity contribution in [2.75, 3.05) is 6.61 Å². The number of hydrogen-bond donors (Lipinski definition) is 1. The maximum Gasteiger partial charge on any atom is 0.312 e. The van der Waals surface area contributed by atoms with Crippen molar-refractivity contribution in [2.24, 2.45) is 5.41 Å². The van der Waals surface area contributed by atoms with Crippen molar-refractivity contribution in [2.45, 2.75) is 25.9 Å². The van der Waals surface area contributed by atoms with E-state index in [2.05, 4.69) is 4.98 Å². The van der Waals surface area contributed by atoms with Crippen molar-refractivity contribution in [1.29, 1.82) is 0 Å². The van der Waals surface area contributed by atoms with E-state index in [0.29, 0.717) is 19.4 Å². The fourth-order valence-corrected chi connectivity index (χ4v) is 2.20. The second-order valence-corrected chi connectivity index (χ2v) is 4.22. The predicted octanol–water partition coefficient (Wildman–Crippen LogP) is 1.50. The van der Waals surface area contributed by atoms with Crippen molar-refractivity contribution >= 4 is 5.97 Å². The monoisotopic (exact) mass is 221 g/mol. The molecule has 2 rings (SSSR count). The maximum absolute atomic E-state index is 11.4. The Kier molecular flexibility index (Phi) is 2.92. The highest BCUT2D eigenvalue weighted by molar-refractivity contribution is 5.76. The number of ether oxygens (including phenoxy) is 1. The SMILES string of the molecule is CC1OCCC1(Cc1ccccn1)C(=O)O. The van der Waals surface area contributed by atoms with E-state index in [1.54, 1.807) is 6.20 Å². The molecule has 4 heteroatoms. The smallest absolute Gasteiger partial charge is 0.312 e. The third kappa shape index (κ3) is 1.80. The molecule has 2 unspecified atom stereocenters. The lowest BCUT2D eigenvalue weighted by Crippen LogP contribution is -2.39. The molecule has 1 N–H and O–H groups in total. The summed E-state index contributed by atoms with van der Waals surface area (Å²) < 4.78 is 5.39. The number of hydrogen-bond acceptors (Lipinski definition) is 3. The van der Waals surface area contributed by atoms with Crippen molar-refractivity contribution in [3.8, 4) is 0 Å². The summed E-state index contributed by atoms with van der Waals surface area (Å²) >= 11 is 0. The topological polar surface area (TPSA) is 59.4 Å². The van der Waals surface area contributed by atoms with Gasteiger partial charge < -0.3 is 9.84 Å². The Morgan fingerprint density at radius 1 is 1.69 bits per heavy atom. The molecule has 1 aliphatic heterocycles. The Balaban J connectivity index is 2.25. The van der Waals surface area contributed by atoms with Gasteiger partial charge in [-0.25, -0.2) is 0 Å². The minimum absolute atomic E-state index is 0.257. The summed E-state index contributed by atoms with van der Waals surface area (Å²) in [6.45, 7) is 2.34. The average molecular weight is 221 g/mol. The lowest BCUT2D eigenvalue weighted by molar-refractivity contribution is -0.151. The van der Waals surface area contributed by atoms with Crippen LogP contribution < -0.4 is 0 Å². The summed E-state index contributed by atoms with van der Waals surface area (Å²) in [5.74, 6) is -0.789. The molecule has 1 aliphatic rings. The molecule has 0 aliphatic carbocycles. The van der Waals surface area contributed by atoms with Gasteiger partial charge in [-0.1, -0.05) is 6.07 Å². The first-order chi connectivity index (χ1) is 7.65. The molecule has 86 valence electrons. The molecule has 1 saturated heterocycles. The Labute approximate surface area is 94.3 Å². The molecule has 0 amide bonds. The van der Waals surface area contributed by atoms with Gasteiger partial charge in [-0.3, -0.25) is 9.78 Å². The highest BCUT2D eigenvalue weighted by Gasteiger charge is 2.48. The number of aromatic nitrogens is 1. The van der Waals surface area contributed by atoms with Gasteiger partial charge >= 0.3 is 5.97 Å². The number of carboxylic acid groups (broad SMARTS) is 1. The second kappa shape index (κ2) is 4.22. The molecule has 0 radical (unpaired) electrons. The van der Waals surface area contributed by atoms with Crippen LogP contribution in [0.4, 0.5) is 0 Å². The molecule has 4 nitrogen and oxygen atoms in total. The lowest BCUT2D eigenvalue weighted by atomic mass is 9.77. The maximum atomic E-state index is 11.4. The summed E-state index contributed by atoms with van der Waals surface area (Å²) in [4.78, 5) is 15.6. The van der Waals surface area contributed by atoms with E-state index >= 15 is 0 Å². The van der Waals surface area contributed by atoms with E-state index in [1.807, 2.05) is 25.1 Å². The number of carbonyl (C=O) groups is 1. The quantitative estimate of drug-likeness (QED) is 0.840. The number of nitrogens with zero attached hydrogens (tertiary/aromatic N) is 1. The van der Waals surface area contributed by atoms with Crippen molar-refractivity contribution in [1.82, 2.24) is 4.98 Å². The average Bonchev–Trinajstić information content (AvgIpc) is 2.63. The molecule has 0 saturated carbocycles. The van der Waals surface area contributed by atoms with Gasteiger partial charge in [0, 0.05) is 24.9 Å². The summed E-state index contributed by atoms with van der Waals surface area (Å²) in [7, 11) is 0.